The van der Waals surface area contributed by atoms with E-state index in [-0.39, 0.29) is 0 Å². The summed E-state index contributed by atoms with van der Waals surface area (Å²) in [4.78, 5) is 0. The number of hydrogen-bond donors (Lipinski definition) is 0. The van der Waals surface area contributed by atoms with Crippen molar-refractivity contribution in [3.8, 4) is 0 Å². The maximum absolute atomic E-state index is 2.55. The Balaban J connectivity index is 2.31. The molecule has 0 aromatic heterocycles. The quantitative estimate of drug-likeness (QED) is 0.177. The Labute approximate surface area is 230 Å². The van der Waals surface area contributed by atoms with Gasteiger partial charge in [-0.2, -0.15) is 0 Å². The highest BCUT2D eigenvalue weighted by atomic mass is 31.1. The summed E-state index contributed by atoms with van der Waals surface area (Å²) in [6.07, 6.45) is 14.2. The van der Waals surface area contributed by atoms with Gasteiger partial charge in [-0.15, -0.1) is 0 Å². The molecule has 0 radical (unpaired) electrons. The minimum absolute atomic E-state index is 0.608. The summed E-state index contributed by atoms with van der Waals surface area (Å²) in [7, 11) is -0.608. The molecule has 0 aliphatic heterocycles. The van der Waals surface area contributed by atoms with E-state index in [1.54, 1.807) is 32.6 Å². The predicted molar refractivity (Wildman–Crippen MR) is 169 cm³/mol. The average molecular weight is 515 g/mol. The average Bonchev–Trinajstić information content (AvgIpc) is 2.88. The third-order valence-corrected chi connectivity index (χ3v) is 10.1. The molecule has 0 spiro atoms. The summed E-state index contributed by atoms with van der Waals surface area (Å²) in [6.45, 7) is 13.9. The zero-order chi connectivity index (χ0) is 26.6. The molecule has 0 heterocycles. The first-order valence-corrected chi connectivity index (χ1v) is 16.6. The summed E-state index contributed by atoms with van der Waals surface area (Å²) in [6, 6.07) is 22.5. The molecule has 0 atom stereocenters. The van der Waals surface area contributed by atoms with Crippen LogP contribution in [0.5, 0.6) is 0 Å². The van der Waals surface area contributed by atoms with Crippen molar-refractivity contribution in [2.45, 2.75) is 119 Å². The summed E-state index contributed by atoms with van der Waals surface area (Å²) >= 11 is 0. The lowest BCUT2D eigenvalue weighted by Crippen LogP contribution is -2.28. The van der Waals surface area contributed by atoms with Crippen molar-refractivity contribution in [3.63, 3.8) is 0 Å². The van der Waals surface area contributed by atoms with E-state index in [0.29, 0.717) is 0 Å². The van der Waals surface area contributed by atoms with E-state index in [4.69, 9.17) is 0 Å². The van der Waals surface area contributed by atoms with Crippen molar-refractivity contribution in [2.24, 2.45) is 0 Å². The third kappa shape index (κ3) is 7.80. The minimum atomic E-state index is -0.608. The highest BCUT2D eigenvalue weighted by Gasteiger charge is 2.25. The summed E-state index contributed by atoms with van der Waals surface area (Å²) in [5, 5.41) is 4.79. The van der Waals surface area contributed by atoms with Crippen LogP contribution < -0.4 is 15.9 Å². The van der Waals surface area contributed by atoms with Crippen LogP contribution in [0.15, 0.2) is 54.6 Å². The number of hydrogen-bond acceptors (Lipinski definition) is 0. The number of rotatable bonds is 15. The second-order valence-corrected chi connectivity index (χ2v) is 12.8. The molecule has 37 heavy (non-hydrogen) atoms. The Kier molecular flexibility index (Phi) is 12.4. The molecule has 0 saturated carbocycles. The second kappa shape index (κ2) is 15.5. The van der Waals surface area contributed by atoms with Crippen molar-refractivity contribution < 1.29 is 0 Å². The Morgan fingerprint density at radius 3 is 0.892 bits per heavy atom. The Bertz CT molecular complexity index is 968. The van der Waals surface area contributed by atoms with Gasteiger partial charge in [0.25, 0.3) is 0 Å². The largest absolute Gasteiger partial charge is 0.0651 e. The molecule has 0 bridgehead atoms. The molecular weight excluding hydrogens is 463 g/mol. The molecule has 0 unspecified atom stereocenters. The van der Waals surface area contributed by atoms with E-state index in [2.05, 4.69) is 96.1 Å². The molecule has 0 fully saturated rings. The van der Waals surface area contributed by atoms with Crippen LogP contribution in [0.4, 0.5) is 0 Å². The maximum atomic E-state index is 2.55. The van der Waals surface area contributed by atoms with Gasteiger partial charge in [-0.05, 0) is 95.7 Å². The van der Waals surface area contributed by atoms with E-state index < -0.39 is 7.92 Å². The first-order chi connectivity index (χ1) is 18.1. The predicted octanol–water partition coefficient (Wildman–Crippen LogP) is 9.16. The molecule has 200 valence electrons. The van der Waals surface area contributed by atoms with Gasteiger partial charge in [0.1, 0.15) is 0 Å². The highest BCUT2D eigenvalue weighted by molar-refractivity contribution is 7.80. The molecule has 0 nitrogen and oxygen atoms in total. The van der Waals surface area contributed by atoms with E-state index in [1.165, 1.54) is 93.7 Å². The Morgan fingerprint density at radius 1 is 0.378 bits per heavy atom. The molecule has 3 aromatic rings. The fourth-order valence-corrected chi connectivity index (χ4v) is 8.54. The van der Waals surface area contributed by atoms with Crippen molar-refractivity contribution in [2.75, 3.05) is 0 Å². The molecule has 3 rings (SSSR count). The van der Waals surface area contributed by atoms with Gasteiger partial charge in [-0.1, -0.05) is 135 Å². The van der Waals surface area contributed by atoms with E-state index >= 15 is 0 Å². The fourth-order valence-electron chi connectivity index (χ4n) is 5.70. The lowest BCUT2D eigenvalue weighted by molar-refractivity contribution is 0.897. The van der Waals surface area contributed by atoms with Gasteiger partial charge < -0.3 is 0 Å². The molecule has 0 saturated heterocycles. The van der Waals surface area contributed by atoms with Crippen LogP contribution in [0.2, 0.25) is 0 Å². The third-order valence-electron chi connectivity index (χ3n) is 7.33. The van der Waals surface area contributed by atoms with Crippen molar-refractivity contribution in [1.82, 2.24) is 0 Å². The zero-order valence-corrected chi connectivity index (χ0v) is 25.5. The number of benzene rings is 3. The van der Waals surface area contributed by atoms with Gasteiger partial charge >= 0.3 is 0 Å². The standard InChI is InChI=1S/C36H51P/c1-7-13-28-19-22-34(31(25-28)16-10-4)37(35-23-20-29(14-8-2)26-32(35)17-11-5)36-24-21-30(15-9-3)27-33(36)18-12-6/h19-27H,7-18H2,1-6H3. The van der Waals surface area contributed by atoms with E-state index in [0.717, 1.165) is 0 Å². The van der Waals surface area contributed by atoms with Gasteiger partial charge in [0.2, 0.25) is 0 Å². The molecule has 0 N–H and O–H groups in total. The van der Waals surface area contributed by atoms with Crippen LogP contribution in [-0.2, 0) is 38.5 Å². The first kappa shape index (κ1) is 29.6. The summed E-state index contributed by atoms with van der Waals surface area (Å²) in [5.74, 6) is 0. The SMILES string of the molecule is CCCc1ccc(P(c2ccc(CCC)cc2CCC)c2ccc(CCC)cc2CCC)c(CCC)c1. The van der Waals surface area contributed by atoms with Crippen LogP contribution >= 0.6 is 7.92 Å². The summed E-state index contributed by atoms with van der Waals surface area (Å²) in [5.41, 5.74) is 9.26. The van der Waals surface area contributed by atoms with E-state index in [9.17, 15) is 0 Å². The Morgan fingerprint density at radius 2 is 0.649 bits per heavy atom. The lowest BCUT2D eigenvalue weighted by atomic mass is 10.0. The van der Waals surface area contributed by atoms with Gasteiger partial charge in [0.15, 0.2) is 0 Å². The molecule has 0 aliphatic carbocycles. The minimum Gasteiger partial charge on any atom is -0.0651 e. The smallest absolute Gasteiger partial charge is 0.0119 e. The van der Waals surface area contributed by atoms with Crippen molar-refractivity contribution in [3.05, 3.63) is 88.0 Å². The molecule has 0 aliphatic rings. The molecule has 1 heteroatoms. The van der Waals surface area contributed by atoms with Crippen LogP contribution in [0, 0.1) is 0 Å². The van der Waals surface area contributed by atoms with Crippen molar-refractivity contribution in [1.29, 1.82) is 0 Å². The monoisotopic (exact) mass is 514 g/mol. The molecule has 0 amide bonds. The number of aryl methyl sites for hydroxylation is 6. The topological polar surface area (TPSA) is 0 Å². The Hall–Kier alpha value is -1.91. The molecule has 3 aromatic carbocycles. The van der Waals surface area contributed by atoms with Gasteiger partial charge in [-0.25, -0.2) is 0 Å². The normalized spacial score (nSPS) is 11.4. The fraction of sp³-hybridized carbons (Fsp3) is 0.500. The van der Waals surface area contributed by atoms with Crippen LogP contribution in [0.25, 0.3) is 0 Å². The first-order valence-electron chi connectivity index (χ1n) is 15.2. The van der Waals surface area contributed by atoms with E-state index in [1.807, 2.05) is 0 Å². The van der Waals surface area contributed by atoms with Gasteiger partial charge in [-0.3, -0.25) is 0 Å². The molecular formula is C36H51P. The van der Waals surface area contributed by atoms with Gasteiger partial charge in [0.05, 0.1) is 0 Å². The summed E-state index contributed by atoms with van der Waals surface area (Å²) < 4.78 is 0. The maximum Gasteiger partial charge on any atom is -0.0119 e. The van der Waals surface area contributed by atoms with Crippen LogP contribution in [0.1, 0.15) is 113 Å². The zero-order valence-electron chi connectivity index (χ0n) is 24.6. The lowest BCUT2D eigenvalue weighted by Gasteiger charge is -2.28. The van der Waals surface area contributed by atoms with Crippen LogP contribution in [0.3, 0.4) is 0 Å². The van der Waals surface area contributed by atoms with Crippen molar-refractivity contribution >= 4 is 23.8 Å². The highest BCUT2D eigenvalue weighted by Crippen LogP contribution is 2.39. The van der Waals surface area contributed by atoms with Gasteiger partial charge in [0, 0.05) is 0 Å². The second-order valence-electron chi connectivity index (χ2n) is 10.7. The van der Waals surface area contributed by atoms with Crippen LogP contribution in [-0.4, -0.2) is 0 Å².